The third-order valence-corrected chi connectivity index (χ3v) is 4.44. The fourth-order valence-corrected chi connectivity index (χ4v) is 3.22. The number of likely N-dealkylation sites (N-methyl/N-ethyl adjacent to an activating group) is 1. The third kappa shape index (κ3) is 3.26. The van der Waals surface area contributed by atoms with Gasteiger partial charge in [0.05, 0.1) is 16.7 Å². The lowest BCUT2D eigenvalue weighted by molar-refractivity contribution is 0.0939. The summed E-state index contributed by atoms with van der Waals surface area (Å²) in [7, 11) is 1.92. The molecule has 134 valence electrons. The van der Waals surface area contributed by atoms with Crippen LogP contribution in [0.25, 0.3) is 11.0 Å². The molecule has 0 radical (unpaired) electrons. The SMILES string of the molecule is CC(C)NC1=CN(C)C(c2nc3ccc(C(=O)C(C)C)cc3[nH]2)C1O. The predicted octanol–water partition coefficient (Wildman–Crippen LogP) is 2.59. The van der Waals surface area contributed by atoms with E-state index in [0.29, 0.717) is 11.4 Å². The number of carbonyl (C=O) groups excluding carboxylic acids is 1. The van der Waals surface area contributed by atoms with E-state index in [1.54, 1.807) is 0 Å². The maximum Gasteiger partial charge on any atom is 0.165 e. The number of aromatic nitrogens is 2. The van der Waals surface area contributed by atoms with E-state index in [-0.39, 0.29) is 23.8 Å². The largest absolute Gasteiger partial charge is 0.384 e. The summed E-state index contributed by atoms with van der Waals surface area (Å²) >= 11 is 0. The molecule has 1 aliphatic heterocycles. The van der Waals surface area contributed by atoms with Gasteiger partial charge in [-0.3, -0.25) is 4.79 Å². The fourth-order valence-electron chi connectivity index (χ4n) is 3.22. The van der Waals surface area contributed by atoms with Crippen LogP contribution in [0.2, 0.25) is 0 Å². The number of hydrogen-bond donors (Lipinski definition) is 3. The van der Waals surface area contributed by atoms with Crippen molar-refractivity contribution < 1.29 is 9.90 Å². The maximum absolute atomic E-state index is 12.2. The molecule has 0 amide bonds. The molecule has 6 heteroatoms. The number of nitrogens with one attached hydrogen (secondary N) is 2. The molecular weight excluding hydrogens is 316 g/mol. The molecule has 2 heterocycles. The Morgan fingerprint density at radius 3 is 2.68 bits per heavy atom. The summed E-state index contributed by atoms with van der Waals surface area (Å²) in [5.74, 6) is 0.758. The monoisotopic (exact) mass is 342 g/mol. The highest BCUT2D eigenvalue weighted by Crippen LogP contribution is 2.32. The smallest absolute Gasteiger partial charge is 0.165 e. The number of H-pyrrole nitrogens is 1. The zero-order valence-corrected chi connectivity index (χ0v) is 15.4. The Hall–Kier alpha value is -2.34. The number of ketones is 1. The zero-order chi connectivity index (χ0) is 18.3. The van der Waals surface area contributed by atoms with Crippen molar-refractivity contribution in [2.45, 2.75) is 45.9 Å². The van der Waals surface area contributed by atoms with Gasteiger partial charge in [-0.15, -0.1) is 0 Å². The van der Waals surface area contributed by atoms with Gasteiger partial charge in [0, 0.05) is 30.8 Å². The topological polar surface area (TPSA) is 81.2 Å². The van der Waals surface area contributed by atoms with E-state index in [1.165, 1.54) is 0 Å². The molecular formula is C19H26N4O2. The molecule has 0 saturated heterocycles. The Morgan fingerprint density at radius 1 is 1.32 bits per heavy atom. The van der Waals surface area contributed by atoms with Crippen molar-refractivity contribution in [2.75, 3.05) is 7.05 Å². The number of hydrogen-bond acceptors (Lipinski definition) is 5. The summed E-state index contributed by atoms with van der Waals surface area (Å²) in [5.41, 5.74) is 3.07. The van der Waals surface area contributed by atoms with E-state index in [4.69, 9.17) is 0 Å². The number of carbonyl (C=O) groups is 1. The van der Waals surface area contributed by atoms with E-state index in [2.05, 4.69) is 15.3 Å². The second-order valence-corrected chi connectivity index (χ2v) is 7.31. The van der Waals surface area contributed by atoms with Crippen molar-refractivity contribution >= 4 is 16.8 Å². The molecule has 2 unspecified atom stereocenters. The van der Waals surface area contributed by atoms with Crippen LogP contribution in [0.5, 0.6) is 0 Å². The first-order valence-electron chi connectivity index (χ1n) is 8.70. The lowest BCUT2D eigenvalue weighted by atomic mass is 10.0. The van der Waals surface area contributed by atoms with Crippen molar-refractivity contribution in [1.82, 2.24) is 20.2 Å². The predicted molar refractivity (Wildman–Crippen MR) is 98.1 cm³/mol. The number of Topliss-reactive ketones (excluding diaryl/α,β-unsaturated/α-hetero) is 1. The van der Waals surface area contributed by atoms with E-state index in [1.807, 2.05) is 64.0 Å². The molecule has 25 heavy (non-hydrogen) atoms. The first-order valence-corrected chi connectivity index (χ1v) is 8.70. The summed E-state index contributed by atoms with van der Waals surface area (Å²) in [6.07, 6.45) is 1.24. The summed E-state index contributed by atoms with van der Waals surface area (Å²) in [4.78, 5) is 22.1. The third-order valence-electron chi connectivity index (χ3n) is 4.44. The van der Waals surface area contributed by atoms with Gasteiger partial charge in [0.1, 0.15) is 18.0 Å². The van der Waals surface area contributed by atoms with Gasteiger partial charge < -0.3 is 20.3 Å². The molecule has 0 aliphatic carbocycles. The number of nitrogens with zero attached hydrogens (tertiary/aromatic N) is 2. The Bertz CT molecular complexity index is 822. The van der Waals surface area contributed by atoms with Gasteiger partial charge in [-0.05, 0) is 32.0 Å². The van der Waals surface area contributed by atoms with Crippen LogP contribution in [0.1, 0.15) is 49.9 Å². The molecule has 3 rings (SSSR count). The van der Waals surface area contributed by atoms with E-state index < -0.39 is 6.10 Å². The van der Waals surface area contributed by atoms with Crippen LogP contribution in [0.4, 0.5) is 0 Å². The van der Waals surface area contributed by atoms with Gasteiger partial charge in [-0.1, -0.05) is 13.8 Å². The fraction of sp³-hybridized carbons (Fsp3) is 0.474. The molecule has 2 atom stereocenters. The second kappa shape index (κ2) is 6.52. The number of aliphatic hydroxyl groups is 1. The first-order chi connectivity index (χ1) is 11.8. The lowest BCUT2D eigenvalue weighted by Gasteiger charge is -2.22. The molecule has 3 N–H and O–H groups in total. The minimum atomic E-state index is -0.676. The molecule has 1 aromatic carbocycles. The molecule has 0 fully saturated rings. The molecule has 6 nitrogen and oxygen atoms in total. The minimum absolute atomic E-state index is 0.0449. The molecule has 0 saturated carbocycles. The number of benzene rings is 1. The van der Waals surface area contributed by atoms with Crippen LogP contribution < -0.4 is 5.32 Å². The second-order valence-electron chi connectivity index (χ2n) is 7.31. The lowest BCUT2D eigenvalue weighted by Crippen LogP contribution is -2.32. The van der Waals surface area contributed by atoms with Crippen LogP contribution in [-0.4, -0.2) is 45.0 Å². The summed E-state index contributed by atoms with van der Waals surface area (Å²) in [6.45, 7) is 7.86. The molecule has 1 aliphatic rings. The Labute approximate surface area is 147 Å². The van der Waals surface area contributed by atoms with Crippen LogP contribution in [-0.2, 0) is 0 Å². The van der Waals surface area contributed by atoms with Gasteiger partial charge >= 0.3 is 0 Å². The summed E-state index contributed by atoms with van der Waals surface area (Å²) in [5, 5.41) is 14.0. The first kappa shape index (κ1) is 17.5. The van der Waals surface area contributed by atoms with Gasteiger partial charge in [0.2, 0.25) is 0 Å². The highest BCUT2D eigenvalue weighted by Gasteiger charge is 2.35. The van der Waals surface area contributed by atoms with Crippen LogP contribution in [0, 0.1) is 5.92 Å². The van der Waals surface area contributed by atoms with Crippen molar-refractivity contribution in [3.8, 4) is 0 Å². The summed E-state index contributed by atoms with van der Waals surface area (Å²) in [6, 6.07) is 5.48. The Balaban J connectivity index is 1.91. The highest BCUT2D eigenvalue weighted by molar-refractivity contribution is 6.00. The number of fused-ring (bicyclic) bond motifs is 1. The normalized spacial score (nSPS) is 20.6. The molecule has 2 aromatic rings. The average Bonchev–Trinajstić information content (AvgIpc) is 3.06. The van der Waals surface area contributed by atoms with Gasteiger partial charge in [-0.25, -0.2) is 4.98 Å². The van der Waals surface area contributed by atoms with Crippen molar-refractivity contribution in [2.24, 2.45) is 5.92 Å². The van der Waals surface area contributed by atoms with Crippen LogP contribution in [0.15, 0.2) is 30.1 Å². The average molecular weight is 342 g/mol. The molecule has 1 aromatic heterocycles. The zero-order valence-electron chi connectivity index (χ0n) is 15.4. The van der Waals surface area contributed by atoms with Gasteiger partial charge in [0.25, 0.3) is 0 Å². The minimum Gasteiger partial charge on any atom is -0.384 e. The van der Waals surface area contributed by atoms with Gasteiger partial charge in [-0.2, -0.15) is 0 Å². The Morgan fingerprint density at radius 2 is 2.04 bits per heavy atom. The van der Waals surface area contributed by atoms with Gasteiger partial charge in [0.15, 0.2) is 5.78 Å². The number of rotatable bonds is 5. The molecule has 0 spiro atoms. The van der Waals surface area contributed by atoms with Crippen LogP contribution >= 0.6 is 0 Å². The highest BCUT2D eigenvalue weighted by atomic mass is 16.3. The number of aliphatic hydroxyl groups excluding tert-OH is 1. The standard InChI is InChI=1S/C19H26N4O2/c1-10(2)17(24)12-6-7-13-14(8-12)22-19(21-13)16-18(25)15(9-23(16)5)20-11(3)4/h6-11,16,18,20,25H,1-5H3,(H,21,22). The summed E-state index contributed by atoms with van der Waals surface area (Å²) < 4.78 is 0. The number of imidazole rings is 1. The van der Waals surface area contributed by atoms with Crippen molar-refractivity contribution in [1.29, 1.82) is 0 Å². The quantitative estimate of drug-likeness (QED) is 0.728. The van der Waals surface area contributed by atoms with E-state index in [0.717, 1.165) is 16.7 Å². The molecule has 0 bridgehead atoms. The van der Waals surface area contributed by atoms with E-state index >= 15 is 0 Å². The maximum atomic E-state index is 12.2. The Kier molecular flexibility index (Phi) is 4.56. The van der Waals surface area contributed by atoms with E-state index in [9.17, 15) is 9.90 Å². The van der Waals surface area contributed by atoms with Crippen molar-refractivity contribution in [3.05, 3.63) is 41.5 Å². The number of aromatic amines is 1. The van der Waals surface area contributed by atoms with Crippen molar-refractivity contribution in [3.63, 3.8) is 0 Å². The van der Waals surface area contributed by atoms with Crippen LogP contribution in [0.3, 0.4) is 0 Å².